The molecule has 28 heavy (non-hydrogen) atoms. The van der Waals surface area contributed by atoms with Crippen LogP contribution in [-0.4, -0.2) is 44.2 Å². The normalized spacial score (nSPS) is 29.8. The van der Waals surface area contributed by atoms with Gasteiger partial charge in [0.1, 0.15) is 0 Å². The highest BCUT2D eigenvalue weighted by Crippen LogP contribution is 2.41. The third kappa shape index (κ3) is 3.87. The zero-order chi connectivity index (χ0) is 18.9. The van der Waals surface area contributed by atoms with Crippen LogP contribution < -0.4 is 0 Å². The standard InChI is InChI=1S/C23H32N4O/c28-23-16-26(14-17-7-3-1-4-8-17)21(19-9-5-2-6-10-19)13-22(23)27-15-20(24-25-27)18-11-12-18/h2,5-6,9-10,15,17-18,21-23,28H,1,3-4,7-8,11-14,16H2/t21-,22-,23-/m1/s1. The minimum atomic E-state index is -0.391. The fourth-order valence-corrected chi connectivity index (χ4v) is 5.25. The Kier molecular flexibility index (Phi) is 5.20. The SMILES string of the molecule is O[C@@H]1CN(CC2CCCCC2)[C@@H](c2ccccc2)C[C@H]1n1cc(C2CC2)nn1. The molecule has 2 aromatic rings. The van der Waals surface area contributed by atoms with Crippen molar-refractivity contribution in [2.24, 2.45) is 5.92 Å². The molecule has 5 heteroatoms. The second-order valence-electron chi connectivity index (χ2n) is 9.15. The Balaban J connectivity index is 1.37. The Morgan fingerprint density at radius 3 is 2.54 bits per heavy atom. The van der Waals surface area contributed by atoms with E-state index in [1.165, 1.54) is 50.5 Å². The number of benzene rings is 1. The third-order valence-corrected chi connectivity index (χ3v) is 7.04. The average Bonchev–Trinajstić information content (AvgIpc) is 3.47. The molecule has 0 unspecified atom stereocenters. The number of piperidine rings is 1. The molecule has 0 amide bonds. The van der Waals surface area contributed by atoms with Crippen molar-refractivity contribution >= 4 is 0 Å². The molecule has 150 valence electrons. The van der Waals surface area contributed by atoms with E-state index in [0.29, 0.717) is 12.0 Å². The number of aliphatic hydroxyl groups excluding tert-OH is 1. The molecule has 5 nitrogen and oxygen atoms in total. The summed E-state index contributed by atoms with van der Waals surface area (Å²) in [7, 11) is 0. The monoisotopic (exact) mass is 380 g/mol. The number of hydrogen-bond donors (Lipinski definition) is 1. The van der Waals surface area contributed by atoms with Gasteiger partial charge in [-0.1, -0.05) is 54.8 Å². The van der Waals surface area contributed by atoms with Gasteiger partial charge in [-0.3, -0.25) is 4.90 Å². The second kappa shape index (κ2) is 7.96. The Labute approximate surface area is 167 Å². The number of nitrogens with zero attached hydrogens (tertiary/aromatic N) is 4. The van der Waals surface area contributed by atoms with Crippen LogP contribution in [-0.2, 0) is 0 Å². The highest BCUT2D eigenvalue weighted by atomic mass is 16.3. The van der Waals surface area contributed by atoms with Crippen molar-refractivity contribution < 1.29 is 5.11 Å². The third-order valence-electron chi connectivity index (χ3n) is 7.04. The van der Waals surface area contributed by atoms with Crippen molar-refractivity contribution in [3.63, 3.8) is 0 Å². The van der Waals surface area contributed by atoms with Gasteiger partial charge in [-0.15, -0.1) is 5.10 Å². The van der Waals surface area contributed by atoms with Gasteiger partial charge in [0, 0.05) is 31.2 Å². The highest BCUT2D eigenvalue weighted by molar-refractivity contribution is 5.20. The molecule has 2 aliphatic carbocycles. The number of aromatic nitrogens is 3. The molecule has 2 heterocycles. The van der Waals surface area contributed by atoms with Crippen molar-refractivity contribution in [3.8, 4) is 0 Å². The average molecular weight is 381 g/mol. The second-order valence-corrected chi connectivity index (χ2v) is 9.15. The first-order valence-electron chi connectivity index (χ1n) is 11.2. The molecule has 3 atom stereocenters. The van der Waals surface area contributed by atoms with Crippen molar-refractivity contribution in [2.75, 3.05) is 13.1 Å². The smallest absolute Gasteiger partial charge is 0.0892 e. The Hall–Kier alpha value is -1.72. The van der Waals surface area contributed by atoms with Crippen LogP contribution in [0.5, 0.6) is 0 Å². The summed E-state index contributed by atoms with van der Waals surface area (Å²) in [5, 5.41) is 19.8. The number of likely N-dealkylation sites (tertiary alicyclic amines) is 1. The van der Waals surface area contributed by atoms with E-state index >= 15 is 0 Å². The van der Waals surface area contributed by atoms with Crippen LogP contribution in [0.4, 0.5) is 0 Å². The zero-order valence-corrected chi connectivity index (χ0v) is 16.7. The molecule has 0 radical (unpaired) electrons. The first kappa shape index (κ1) is 18.3. The Morgan fingerprint density at radius 2 is 1.79 bits per heavy atom. The van der Waals surface area contributed by atoms with Crippen LogP contribution in [0.25, 0.3) is 0 Å². The molecule has 0 spiro atoms. The van der Waals surface area contributed by atoms with Gasteiger partial charge >= 0.3 is 0 Å². The molecule has 1 aliphatic heterocycles. The first-order chi connectivity index (χ1) is 13.8. The lowest BCUT2D eigenvalue weighted by atomic mass is 9.85. The van der Waals surface area contributed by atoms with Crippen LogP contribution in [0.15, 0.2) is 36.5 Å². The van der Waals surface area contributed by atoms with Gasteiger partial charge in [0.15, 0.2) is 0 Å². The Morgan fingerprint density at radius 1 is 1.00 bits per heavy atom. The van der Waals surface area contributed by atoms with Crippen molar-refractivity contribution in [2.45, 2.75) is 75.5 Å². The van der Waals surface area contributed by atoms with E-state index in [4.69, 9.17) is 0 Å². The molecule has 1 aromatic heterocycles. The van der Waals surface area contributed by atoms with E-state index < -0.39 is 6.10 Å². The van der Waals surface area contributed by atoms with E-state index in [0.717, 1.165) is 31.1 Å². The number of hydrogen-bond acceptors (Lipinski definition) is 4. The fraction of sp³-hybridized carbons (Fsp3) is 0.652. The van der Waals surface area contributed by atoms with Gasteiger partial charge in [0.05, 0.1) is 17.8 Å². The molecular formula is C23H32N4O. The predicted octanol–water partition coefficient (Wildman–Crippen LogP) is 4.08. The van der Waals surface area contributed by atoms with Crippen molar-refractivity contribution in [1.29, 1.82) is 0 Å². The lowest BCUT2D eigenvalue weighted by Gasteiger charge is -2.44. The van der Waals surface area contributed by atoms with Crippen LogP contribution in [0.1, 0.15) is 80.6 Å². The number of rotatable bonds is 5. The summed E-state index contributed by atoms with van der Waals surface area (Å²) in [4.78, 5) is 2.55. The van der Waals surface area contributed by atoms with Crippen LogP contribution in [0.3, 0.4) is 0 Å². The topological polar surface area (TPSA) is 54.2 Å². The maximum absolute atomic E-state index is 11.0. The van der Waals surface area contributed by atoms with Gasteiger partial charge in [-0.25, -0.2) is 4.68 Å². The molecular weight excluding hydrogens is 348 g/mol. The van der Waals surface area contributed by atoms with Crippen LogP contribution >= 0.6 is 0 Å². The molecule has 5 rings (SSSR count). The largest absolute Gasteiger partial charge is 0.390 e. The summed E-state index contributed by atoms with van der Waals surface area (Å²) in [6.07, 6.45) is 11.8. The van der Waals surface area contributed by atoms with Gasteiger partial charge in [-0.05, 0) is 43.6 Å². The molecule has 3 fully saturated rings. The zero-order valence-electron chi connectivity index (χ0n) is 16.7. The number of aliphatic hydroxyl groups is 1. The molecule has 1 saturated heterocycles. The van der Waals surface area contributed by atoms with Crippen LogP contribution in [0, 0.1) is 5.92 Å². The molecule has 1 aromatic carbocycles. The minimum Gasteiger partial charge on any atom is -0.390 e. The fourth-order valence-electron chi connectivity index (χ4n) is 5.25. The van der Waals surface area contributed by atoms with Crippen LogP contribution in [0.2, 0.25) is 0 Å². The molecule has 3 aliphatic rings. The maximum atomic E-state index is 11.0. The summed E-state index contributed by atoms with van der Waals surface area (Å²) in [6, 6.07) is 11.2. The lowest BCUT2D eigenvalue weighted by Crippen LogP contribution is -2.48. The Bertz CT molecular complexity index is 766. The summed E-state index contributed by atoms with van der Waals surface area (Å²) in [5.74, 6) is 1.37. The summed E-state index contributed by atoms with van der Waals surface area (Å²) >= 11 is 0. The lowest BCUT2D eigenvalue weighted by molar-refractivity contribution is -0.0181. The quantitative estimate of drug-likeness (QED) is 0.849. The van der Waals surface area contributed by atoms with E-state index in [1.807, 2.05) is 4.68 Å². The summed E-state index contributed by atoms with van der Waals surface area (Å²) in [5.41, 5.74) is 2.46. The van der Waals surface area contributed by atoms with E-state index in [2.05, 4.69) is 51.7 Å². The van der Waals surface area contributed by atoms with Gasteiger partial charge < -0.3 is 5.11 Å². The van der Waals surface area contributed by atoms with Gasteiger partial charge in [0.2, 0.25) is 0 Å². The van der Waals surface area contributed by atoms with E-state index in [9.17, 15) is 5.11 Å². The van der Waals surface area contributed by atoms with E-state index in [1.54, 1.807) is 0 Å². The summed E-state index contributed by atoms with van der Waals surface area (Å²) < 4.78 is 1.95. The molecule has 2 saturated carbocycles. The maximum Gasteiger partial charge on any atom is 0.0892 e. The van der Waals surface area contributed by atoms with Gasteiger partial charge in [0.25, 0.3) is 0 Å². The predicted molar refractivity (Wildman–Crippen MR) is 109 cm³/mol. The first-order valence-corrected chi connectivity index (χ1v) is 11.2. The van der Waals surface area contributed by atoms with Gasteiger partial charge in [-0.2, -0.15) is 0 Å². The summed E-state index contributed by atoms with van der Waals surface area (Å²) in [6.45, 7) is 1.83. The molecule has 0 bridgehead atoms. The number of β-amino-alcohol motifs (C(OH)–C–C–N with tert-alkyl or cyclic N) is 1. The minimum absolute atomic E-state index is 0.00723. The van der Waals surface area contributed by atoms with Crippen molar-refractivity contribution in [1.82, 2.24) is 19.9 Å². The highest BCUT2D eigenvalue weighted by Gasteiger charge is 2.38. The van der Waals surface area contributed by atoms with E-state index in [-0.39, 0.29) is 6.04 Å². The van der Waals surface area contributed by atoms with Crippen molar-refractivity contribution in [3.05, 3.63) is 47.8 Å². The molecule has 1 N–H and O–H groups in total.